The van der Waals surface area contributed by atoms with Crippen LogP contribution in [-0.2, 0) is 6.54 Å². The Hall–Kier alpha value is -3.60. The third-order valence-corrected chi connectivity index (χ3v) is 6.07. The van der Waals surface area contributed by atoms with Crippen molar-refractivity contribution in [2.45, 2.75) is 46.7 Å². The van der Waals surface area contributed by atoms with Crippen LogP contribution in [0.1, 0.15) is 52.3 Å². The molecule has 1 atom stereocenters. The van der Waals surface area contributed by atoms with E-state index in [1.54, 1.807) is 0 Å². The van der Waals surface area contributed by atoms with Gasteiger partial charge in [-0.1, -0.05) is 42.0 Å². The van der Waals surface area contributed by atoms with Gasteiger partial charge in [-0.2, -0.15) is 0 Å². The number of hydrogen-bond acceptors (Lipinski definition) is 3. The van der Waals surface area contributed by atoms with Gasteiger partial charge in [0.05, 0.1) is 23.7 Å². The van der Waals surface area contributed by atoms with Crippen LogP contribution in [0.2, 0.25) is 0 Å². The fourth-order valence-electron chi connectivity index (χ4n) is 3.99. The molecule has 1 N–H and O–H groups in total. The first-order chi connectivity index (χ1) is 15.9. The van der Waals surface area contributed by atoms with Crippen molar-refractivity contribution in [2.75, 3.05) is 6.61 Å². The van der Waals surface area contributed by atoms with Gasteiger partial charge < -0.3 is 14.6 Å². The fourth-order valence-corrected chi connectivity index (χ4v) is 3.99. The minimum atomic E-state index is -0.230. The van der Waals surface area contributed by atoms with Gasteiger partial charge in [0.25, 0.3) is 5.91 Å². The summed E-state index contributed by atoms with van der Waals surface area (Å²) in [5.41, 5.74) is 6.18. The predicted octanol–water partition coefficient (Wildman–Crippen LogP) is 5.92. The Morgan fingerprint density at radius 1 is 1.00 bits per heavy atom. The summed E-state index contributed by atoms with van der Waals surface area (Å²) in [6, 6.07) is 21.6. The molecule has 0 aliphatic heterocycles. The lowest BCUT2D eigenvalue weighted by Gasteiger charge is -2.17. The van der Waals surface area contributed by atoms with Gasteiger partial charge in [-0.25, -0.2) is 4.98 Å². The number of amides is 1. The van der Waals surface area contributed by atoms with E-state index in [4.69, 9.17) is 9.72 Å². The number of carbonyl (C=O) groups excluding carboxylic acids is 1. The Morgan fingerprint density at radius 3 is 2.55 bits per heavy atom. The van der Waals surface area contributed by atoms with Crippen molar-refractivity contribution < 1.29 is 9.53 Å². The average Bonchev–Trinajstić information content (AvgIpc) is 3.18. The van der Waals surface area contributed by atoms with Crippen LogP contribution >= 0.6 is 0 Å². The van der Waals surface area contributed by atoms with Crippen molar-refractivity contribution >= 4 is 16.9 Å². The Labute approximate surface area is 195 Å². The summed E-state index contributed by atoms with van der Waals surface area (Å²) in [5, 5.41) is 3.11. The van der Waals surface area contributed by atoms with Gasteiger partial charge >= 0.3 is 0 Å². The molecule has 33 heavy (non-hydrogen) atoms. The monoisotopic (exact) mass is 441 g/mol. The number of fused-ring (bicyclic) bond motifs is 1. The van der Waals surface area contributed by atoms with E-state index in [0.29, 0.717) is 12.2 Å². The summed E-state index contributed by atoms with van der Waals surface area (Å²) in [4.78, 5) is 17.6. The second kappa shape index (κ2) is 9.90. The normalized spacial score (nSPS) is 12.0. The summed E-state index contributed by atoms with van der Waals surface area (Å²) in [6.07, 6.45) is 0.833. The van der Waals surface area contributed by atoms with E-state index in [-0.39, 0.29) is 11.9 Å². The number of rotatable bonds is 8. The van der Waals surface area contributed by atoms with E-state index in [1.165, 1.54) is 11.1 Å². The lowest BCUT2D eigenvalue weighted by atomic mass is 10.1. The summed E-state index contributed by atoms with van der Waals surface area (Å²) in [6.45, 7) is 9.54. The average molecular weight is 442 g/mol. The summed E-state index contributed by atoms with van der Waals surface area (Å²) in [5.74, 6) is 1.69. The fraction of sp³-hybridized carbons (Fsp3) is 0.286. The van der Waals surface area contributed by atoms with Gasteiger partial charge in [0.15, 0.2) is 0 Å². The van der Waals surface area contributed by atoms with Crippen LogP contribution in [-0.4, -0.2) is 22.1 Å². The maximum atomic E-state index is 12.8. The number of carbonyl (C=O) groups is 1. The second-order valence-electron chi connectivity index (χ2n) is 8.57. The molecule has 5 nitrogen and oxygen atoms in total. The molecule has 0 aliphatic carbocycles. The second-order valence-corrected chi connectivity index (χ2v) is 8.57. The molecule has 1 unspecified atom stereocenters. The lowest BCUT2D eigenvalue weighted by Crippen LogP contribution is -2.28. The van der Waals surface area contributed by atoms with Crippen molar-refractivity contribution in [3.63, 3.8) is 0 Å². The number of nitrogens with zero attached hydrogens (tertiary/aromatic N) is 2. The summed E-state index contributed by atoms with van der Waals surface area (Å²) < 4.78 is 8.25. The number of aromatic nitrogens is 2. The van der Waals surface area contributed by atoms with Crippen LogP contribution in [0.15, 0.2) is 66.7 Å². The van der Waals surface area contributed by atoms with E-state index >= 15 is 0 Å². The molecule has 170 valence electrons. The van der Waals surface area contributed by atoms with Crippen molar-refractivity contribution in [1.82, 2.24) is 14.9 Å². The lowest BCUT2D eigenvalue weighted by molar-refractivity contribution is 0.0937. The van der Waals surface area contributed by atoms with Crippen LogP contribution in [0.4, 0.5) is 0 Å². The summed E-state index contributed by atoms with van der Waals surface area (Å²) in [7, 11) is 0. The molecule has 1 amide bonds. The molecule has 5 heteroatoms. The highest BCUT2D eigenvalue weighted by atomic mass is 16.5. The first kappa shape index (κ1) is 22.6. The zero-order valence-electron chi connectivity index (χ0n) is 19.8. The molecular weight excluding hydrogens is 410 g/mol. The Kier molecular flexibility index (Phi) is 6.78. The Balaban J connectivity index is 1.48. The van der Waals surface area contributed by atoms with E-state index in [2.05, 4.69) is 35.9 Å². The van der Waals surface area contributed by atoms with E-state index in [0.717, 1.165) is 41.1 Å². The number of aryl methyl sites for hydroxylation is 3. The highest BCUT2D eigenvalue weighted by Crippen LogP contribution is 2.23. The van der Waals surface area contributed by atoms with Crippen LogP contribution < -0.4 is 10.1 Å². The van der Waals surface area contributed by atoms with Crippen LogP contribution in [0.25, 0.3) is 11.0 Å². The van der Waals surface area contributed by atoms with Gasteiger partial charge in [0.2, 0.25) is 0 Å². The SMILES string of the molecule is Cc1ccc(C(=O)NC(C)c2nc3ccccc3n2CCCOc2cccc(C)c2C)cc1. The van der Waals surface area contributed by atoms with Crippen LogP contribution in [0.3, 0.4) is 0 Å². The van der Waals surface area contributed by atoms with Crippen LogP contribution in [0.5, 0.6) is 5.75 Å². The highest BCUT2D eigenvalue weighted by Gasteiger charge is 2.19. The number of imidazole rings is 1. The standard InChI is InChI=1S/C28H31N3O2/c1-19-13-15-23(16-14-19)28(32)29-22(4)27-30-24-10-5-6-11-25(24)31(27)17-8-18-33-26-12-7-9-20(2)21(26)3/h5-7,9-16,22H,8,17-18H2,1-4H3,(H,29,32). The van der Waals surface area contributed by atoms with E-state index in [1.807, 2.05) is 68.4 Å². The van der Waals surface area contributed by atoms with Crippen LogP contribution in [0, 0.1) is 20.8 Å². The Morgan fingerprint density at radius 2 is 1.76 bits per heavy atom. The van der Waals surface area contributed by atoms with Gasteiger partial charge in [-0.15, -0.1) is 0 Å². The number of nitrogens with one attached hydrogen (secondary N) is 1. The molecule has 3 aromatic carbocycles. The van der Waals surface area contributed by atoms with E-state index in [9.17, 15) is 4.79 Å². The highest BCUT2D eigenvalue weighted by molar-refractivity contribution is 5.94. The first-order valence-corrected chi connectivity index (χ1v) is 11.5. The molecule has 4 aromatic rings. The molecule has 1 heterocycles. The minimum absolute atomic E-state index is 0.0978. The third kappa shape index (κ3) is 5.08. The maximum absolute atomic E-state index is 12.8. The van der Waals surface area contributed by atoms with Crippen molar-refractivity contribution in [3.05, 3.63) is 94.8 Å². The van der Waals surface area contributed by atoms with Gasteiger partial charge in [-0.3, -0.25) is 4.79 Å². The molecule has 1 aromatic heterocycles. The molecule has 0 saturated heterocycles. The van der Waals surface area contributed by atoms with E-state index < -0.39 is 0 Å². The Bertz CT molecular complexity index is 1260. The van der Waals surface area contributed by atoms with Gasteiger partial charge in [-0.05, 0) is 75.6 Å². The number of benzene rings is 3. The maximum Gasteiger partial charge on any atom is 0.251 e. The topological polar surface area (TPSA) is 56.2 Å². The molecule has 0 bridgehead atoms. The molecule has 0 saturated carbocycles. The number of para-hydroxylation sites is 2. The largest absolute Gasteiger partial charge is 0.493 e. The summed E-state index contributed by atoms with van der Waals surface area (Å²) >= 11 is 0. The third-order valence-electron chi connectivity index (χ3n) is 6.07. The van der Waals surface area contributed by atoms with Gasteiger partial charge in [0.1, 0.15) is 11.6 Å². The molecular formula is C28H31N3O2. The number of ether oxygens (including phenoxy) is 1. The predicted molar refractivity (Wildman–Crippen MR) is 133 cm³/mol. The van der Waals surface area contributed by atoms with Crippen molar-refractivity contribution in [1.29, 1.82) is 0 Å². The molecule has 0 spiro atoms. The molecule has 0 aliphatic rings. The molecule has 0 fully saturated rings. The number of hydrogen-bond donors (Lipinski definition) is 1. The van der Waals surface area contributed by atoms with Gasteiger partial charge in [0, 0.05) is 12.1 Å². The molecule has 4 rings (SSSR count). The zero-order chi connectivity index (χ0) is 23.4. The zero-order valence-corrected chi connectivity index (χ0v) is 19.8. The van der Waals surface area contributed by atoms with Crippen molar-refractivity contribution in [3.8, 4) is 5.75 Å². The smallest absolute Gasteiger partial charge is 0.251 e. The molecule has 0 radical (unpaired) electrons. The first-order valence-electron chi connectivity index (χ1n) is 11.5. The van der Waals surface area contributed by atoms with Crippen molar-refractivity contribution in [2.24, 2.45) is 0 Å². The quantitative estimate of drug-likeness (QED) is 0.345. The minimum Gasteiger partial charge on any atom is -0.493 e.